The molecule has 0 aromatic heterocycles. The Balaban J connectivity index is 1.93. The highest BCUT2D eigenvalue weighted by Crippen LogP contribution is 2.42. The molecule has 3 N–H and O–H groups in total. The summed E-state index contributed by atoms with van der Waals surface area (Å²) in [4.78, 5) is 2.43. The number of aliphatic hydroxyl groups is 1. The van der Waals surface area contributed by atoms with Crippen LogP contribution in [0.2, 0.25) is 0 Å². The van der Waals surface area contributed by atoms with Crippen LogP contribution in [0.15, 0.2) is 24.3 Å². The molecule has 1 aromatic carbocycles. The third-order valence-corrected chi connectivity index (χ3v) is 3.74. The van der Waals surface area contributed by atoms with E-state index in [-0.39, 0.29) is 12.1 Å². The van der Waals surface area contributed by atoms with Crippen LogP contribution in [0.5, 0.6) is 0 Å². The molecule has 1 heterocycles. The molecule has 2 atom stereocenters. The quantitative estimate of drug-likeness (QED) is 0.740. The normalized spacial score (nSPS) is 30.8. The Morgan fingerprint density at radius 1 is 1.19 bits per heavy atom. The molecule has 1 saturated heterocycles. The first-order valence-electron chi connectivity index (χ1n) is 6.05. The molecule has 2 fully saturated rings. The van der Waals surface area contributed by atoms with Crippen LogP contribution in [0.1, 0.15) is 30.9 Å². The predicted molar refractivity (Wildman–Crippen MR) is 63.9 cm³/mol. The minimum absolute atomic E-state index is 0.119. The lowest BCUT2D eigenvalue weighted by atomic mass is 10.0. The number of anilines is 1. The minimum atomic E-state index is -0.259. The lowest BCUT2D eigenvalue weighted by Crippen LogP contribution is -2.29. The van der Waals surface area contributed by atoms with E-state index in [1.54, 1.807) is 0 Å². The van der Waals surface area contributed by atoms with E-state index < -0.39 is 0 Å². The van der Waals surface area contributed by atoms with E-state index in [0.717, 1.165) is 24.2 Å². The van der Waals surface area contributed by atoms with Gasteiger partial charge >= 0.3 is 0 Å². The van der Waals surface area contributed by atoms with Crippen LogP contribution in [-0.4, -0.2) is 28.7 Å². The van der Waals surface area contributed by atoms with Gasteiger partial charge in [-0.3, -0.25) is 4.90 Å². The molecule has 3 nitrogen and oxygen atoms in total. The van der Waals surface area contributed by atoms with E-state index in [1.807, 2.05) is 24.3 Å². The lowest BCUT2D eigenvalue weighted by molar-refractivity contribution is 0.113. The van der Waals surface area contributed by atoms with Crippen molar-refractivity contribution in [3.8, 4) is 0 Å². The summed E-state index contributed by atoms with van der Waals surface area (Å²) in [7, 11) is 0. The molecule has 0 bridgehead atoms. The van der Waals surface area contributed by atoms with Crippen molar-refractivity contribution in [2.24, 2.45) is 0 Å². The summed E-state index contributed by atoms with van der Waals surface area (Å²) in [6, 6.07) is 8.72. The fourth-order valence-electron chi connectivity index (χ4n) is 2.78. The summed E-state index contributed by atoms with van der Waals surface area (Å²) in [5.41, 5.74) is 7.91. The fourth-order valence-corrected chi connectivity index (χ4v) is 2.78. The molecule has 86 valence electrons. The summed E-state index contributed by atoms with van der Waals surface area (Å²) in [6.45, 7) is 1.00. The summed E-state index contributed by atoms with van der Waals surface area (Å²) in [5.74, 6) is 0. The van der Waals surface area contributed by atoms with E-state index >= 15 is 0 Å². The predicted octanol–water partition coefficient (Wildman–Crippen LogP) is 1.54. The number of para-hydroxylation sites is 1. The molecular weight excluding hydrogens is 200 g/mol. The molecule has 1 aromatic rings. The second-order valence-electron chi connectivity index (χ2n) is 4.90. The monoisotopic (exact) mass is 218 g/mol. The highest BCUT2D eigenvalue weighted by atomic mass is 16.3. The van der Waals surface area contributed by atoms with Gasteiger partial charge in [0.25, 0.3) is 0 Å². The van der Waals surface area contributed by atoms with Gasteiger partial charge in [-0.05, 0) is 30.9 Å². The molecular formula is C13H18N2O. The molecule has 0 radical (unpaired) electrons. The van der Waals surface area contributed by atoms with Gasteiger partial charge in [0.1, 0.15) is 0 Å². The molecule has 1 saturated carbocycles. The maximum absolute atomic E-state index is 10.1. The summed E-state index contributed by atoms with van der Waals surface area (Å²) >= 11 is 0. The molecule has 16 heavy (non-hydrogen) atoms. The number of hydrogen-bond acceptors (Lipinski definition) is 3. The zero-order valence-electron chi connectivity index (χ0n) is 9.34. The smallest absolute Gasteiger partial charge is 0.0750 e. The van der Waals surface area contributed by atoms with Crippen molar-refractivity contribution < 1.29 is 5.11 Å². The van der Waals surface area contributed by atoms with E-state index in [2.05, 4.69) is 4.90 Å². The number of aliphatic hydroxyl groups excluding tert-OH is 1. The SMILES string of the molecule is Nc1ccccc1C1C(O)CCN1C1CC1. The number of rotatable bonds is 2. The van der Waals surface area contributed by atoms with Crippen molar-refractivity contribution in [3.05, 3.63) is 29.8 Å². The van der Waals surface area contributed by atoms with Gasteiger partial charge < -0.3 is 10.8 Å². The van der Waals surface area contributed by atoms with Gasteiger partial charge in [0.15, 0.2) is 0 Å². The number of nitrogens with zero attached hydrogens (tertiary/aromatic N) is 1. The zero-order valence-corrected chi connectivity index (χ0v) is 9.34. The third-order valence-electron chi connectivity index (χ3n) is 3.74. The van der Waals surface area contributed by atoms with Gasteiger partial charge in [0.2, 0.25) is 0 Å². The van der Waals surface area contributed by atoms with Gasteiger partial charge in [-0.25, -0.2) is 0 Å². The van der Waals surface area contributed by atoms with Crippen LogP contribution in [0, 0.1) is 0 Å². The highest BCUT2D eigenvalue weighted by molar-refractivity contribution is 5.49. The van der Waals surface area contributed by atoms with Crippen molar-refractivity contribution in [3.63, 3.8) is 0 Å². The Kier molecular flexibility index (Phi) is 2.37. The Morgan fingerprint density at radius 2 is 1.94 bits per heavy atom. The Bertz CT molecular complexity index is 389. The van der Waals surface area contributed by atoms with E-state index in [1.165, 1.54) is 12.8 Å². The number of benzene rings is 1. The molecule has 0 spiro atoms. The third kappa shape index (κ3) is 1.60. The zero-order chi connectivity index (χ0) is 11.1. The first-order valence-corrected chi connectivity index (χ1v) is 6.05. The lowest BCUT2D eigenvalue weighted by Gasteiger charge is -2.27. The van der Waals surface area contributed by atoms with Gasteiger partial charge in [-0.15, -0.1) is 0 Å². The van der Waals surface area contributed by atoms with Crippen molar-refractivity contribution in [1.82, 2.24) is 4.90 Å². The van der Waals surface area contributed by atoms with Crippen molar-refractivity contribution in [1.29, 1.82) is 0 Å². The van der Waals surface area contributed by atoms with Crippen LogP contribution < -0.4 is 5.73 Å². The molecule has 0 amide bonds. The molecule has 2 unspecified atom stereocenters. The average molecular weight is 218 g/mol. The van der Waals surface area contributed by atoms with Gasteiger partial charge in [-0.2, -0.15) is 0 Å². The molecule has 2 aliphatic rings. The first-order chi connectivity index (χ1) is 7.77. The number of likely N-dealkylation sites (tertiary alicyclic amines) is 1. The van der Waals surface area contributed by atoms with Gasteiger partial charge in [0.05, 0.1) is 12.1 Å². The average Bonchev–Trinajstić information content (AvgIpc) is 3.04. The van der Waals surface area contributed by atoms with Gasteiger partial charge in [-0.1, -0.05) is 18.2 Å². The van der Waals surface area contributed by atoms with Gasteiger partial charge in [0, 0.05) is 18.3 Å². The summed E-state index contributed by atoms with van der Waals surface area (Å²) < 4.78 is 0. The van der Waals surface area contributed by atoms with Crippen molar-refractivity contribution >= 4 is 5.69 Å². The number of nitrogens with two attached hydrogens (primary N) is 1. The van der Waals surface area contributed by atoms with Crippen LogP contribution >= 0.6 is 0 Å². The topological polar surface area (TPSA) is 49.5 Å². The molecule has 3 heteroatoms. The van der Waals surface area contributed by atoms with E-state index in [9.17, 15) is 5.11 Å². The standard InChI is InChI=1S/C13H18N2O/c14-11-4-2-1-3-10(11)13-12(16)7-8-15(13)9-5-6-9/h1-4,9,12-13,16H,5-8,14H2. The fraction of sp³-hybridized carbons (Fsp3) is 0.538. The van der Waals surface area contributed by atoms with E-state index in [4.69, 9.17) is 5.73 Å². The molecule has 1 aliphatic heterocycles. The summed E-state index contributed by atoms with van der Waals surface area (Å²) in [5, 5.41) is 10.1. The Hall–Kier alpha value is -1.06. The van der Waals surface area contributed by atoms with Crippen molar-refractivity contribution in [2.45, 2.75) is 37.5 Å². The van der Waals surface area contributed by atoms with Crippen LogP contribution in [0.4, 0.5) is 5.69 Å². The molecule has 1 aliphatic carbocycles. The second kappa shape index (κ2) is 3.75. The molecule has 3 rings (SSSR count). The minimum Gasteiger partial charge on any atom is -0.398 e. The first kappa shape index (κ1) is 10.1. The van der Waals surface area contributed by atoms with Crippen LogP contribution in [0.25, 0.3) is 0 Å². The largest absolute Gasteiger partial charge is 0.398 e. The number of nitrogen functional groups attached to an aromatic ring is 1. The maximum atomic E-state index is 10.1. The Labute approximate surface area is 95.9 Å². The van der Waals surface area contributed by atoms with E-state index in [0.29, 0.717) is 6.04 Å². The van der Waals surface area contributed by atoms with Crippen LogP contribution in [0.3, 0.4) is 0 Å². The summed E-state index contributed by atoms with van der Waals surface area (Å²) in [6.07, 6.45) is 3.16. The van der Waals surface area contributed by atoms with Crippen LogP contribution in [-0.2, 0) is 0 Å². The second-order valence-corrected chi connectivity index (χ2v) is 4.90. The highest BCUT2D eigenvalue weighted by Gasteiger charge is 2.42. The maximum Gasteiger partial charge on any atom is 0.0750 e. The number of hydrogen-bond donors (Lipinski definition) is 2. The van der Waals surface area contributed by atoms with Crippen molar-refractivity contribution in [2.75, 3.05) is 12.3 Å². The Morgan fingerprint density at radius 3 is 2.62 bits per heavy atom.